The van der Waals surface area contributed by atoms with E-state index in [1.165, 1.54) is 41.5 Å². The van der Waals surface area contributed by atoms with Gasteiger partial charge in [-0.25, -0.2) is 0 Å². The summed E-state index contributed by atoms with van der Waals surface area (Å²) in [6.07, 6.45) is 3.76. The number of aromatic amines is 1. The average molecular weight is 241 g/mol. The minimum Gasteiger partial charge on any atom is -0.314 e. The molecule has 3 rings (SSSR count). The molecular formula is C15H19N3. The molecule has 1 aromatic carbocycles. The van der Waals surface area contributed by atoms with Crippen LogP contribution in [0.2, 0.25) is 0 Å². The number of fused-ring (bicyclic) bond motifs is 1. The van der Waals surface area contributed by atoms with Gasteiger partial charge in [0.15, 0.2) is 0 Å². The zero-order chi connectivity index (χ0) is 12.5. The molecule has 0 atom stereocenters. The molecule has 3 nitrogen and oxygen atoms in total. The number of rotatable bonds is 3. The molecule has 0 saturated heterocycles. The third-order valence-corrected chi connectivity index (χ3v) is 3.75. The first-order chi connectivity index (χ1) is 8.79. The first kappa shape index (κ1) is 11.5. The number of benzene rings is 1. The zero-order valence-electron chi connectivity index (χ0n) is 11.0. The maximum atomic E-state index is 4.39. The summed E-state index contributed by atoms with van der Waals surface area (Å²) >= 11 is 0. The van der Waals surface area contributed by atoms with E-state index in [1.807, 2.05) is 7.05 Å². The predicted molar refractivity (Wildman–Crippen MR) is 73.5 cm³/mol. The lowest BCUT2D eigenvalue weighted by molar-refractivity contribution is 0.785. The number of H-pyrrole nitrogens is 1. The van der Waals surface area contributed by atoms with Gasteiger partial charge in [-0.05, 0) is 49.9 Å². The Hall–Kier alpha value is -1.61. The standard InChI is InChI=1S/C15H19N3/c1-10-15(14(9-16-2)18-17-10)13-7-6-11-4-3-5-12(11)8-13/h6-8,16H,3-5,9H2,1-2H3,(H,17,18). The van der Waals surface area contributed by atoms with Crippen LogP contribution in [-0.2, 0) is 19.4 Å². The molecule has 2 aromatic rings. The first-order valence-electron chi connectivity index (χ1n) is 6.60. The molecule has 1 aromatic heterocycles. The molecule has 94 valence electrons. The smallest absolute Gasteiger partial charge is 0.0840 e. The van der Waals surface area contributed by atoms with Gasteiger partial charge in [0, 0.05) is 17.8 Å². The highest BCUT2D eigenvalue weighted by Crippen LogP contribution is 2.31. The Bertz CT molecular complexity index is 569. The summed E-state index contributed by atoms with van der Waals surface area (Å²) in [6, 6.07) is 6.87. The highest BCUT2D eigenvalue weighted by Gasteiger charge is 2.15. The van der Waals surface area contributed by atoms with Crippen molar-refractivity contribution < 1.29 is 0 Å². The summed E-state index contributed by atoms with van der Waals surface area (Å²) < 4.78 is 0. The SMILES string of the molecule is CNCc1n[nH]c(C)c1-c1ccc2c(c1)CCC2. The van der Waals surface area contributed by atoms with E-state index in [2.05, 4.69) is 40.6 Å². The van der Waals surface area contributed by atoms with Crippen LogP contribution in [-0.4, -0.2) is 17.2 Å². The Morgan fingerprint density at radius 1 is 1.28 bits per heavy atom. The van der Waals surface area contributed by atoms with E-state index in [9.17, 15) is 0 Å². The van der Waals surface area contributed by atoms with Crippen LogP contribution < -0.4 is 5.32 Å². The second-order valence-electron chi connectivity index (χ2n) is 5.04. The molecule has 0 fully saturated rings. The fourth-order valence-corrected chi connectivity index (χ4v) is 2.89. The van der Waals surface area contributed by atoms with Crippen molar-refractivity contribution >= 4 is 0 Å². The van der Waals surface area contributed by atoms with Gasteiger partial charge in [-0.2, -0.15) is 5.10 Å². The monoisotopic (exact) mass is 241 g/mol. The van der Waals surface area contributed by atoms with E-state index in [1.54, 1.807) is 0 Å². The van der Waals surface area contributed by atoms with Crippen molar-refractivity contribution in [3.63, 3.8) is 0 Å². The Morgan fingerprint density at radius 2 is 2.11 bits per heavy atom. The van der Waals surface area contributed by atoms with Crippen LogP contribution in [0.1, 0.15) is 28.9 Å². The molecule has 0 spiro atoms. The topological polar surface area (TPSA) is 40.7 Å². The van der Waals surface area contributed by atoms with Crippen LogP contribution in [0.25, 0.3) is 11.1 Å². The maximum absolute atomic E-state index is 4.39. The van der Waals surface area contributed by atoms with Crippen molar-refractivity contribution in [2.45, 2.75) is 32.7 Å². The van der Waals surface area contributed by atoms with Crippen molar-refractivity contribution in [1.82, 2.24) is 15.5 Å². The van der Waals surface area contributed by atoms with Crippen LogP contribution in [0.5, 0.6) is 0 Å². The molecule has 1 heterocycles. The summed E-state index contributed by atoms with van der Waals surface area (Å²) in [5.74, 6) is 0. The van der Waals surface area contributed by atoms with E-state index < -0.39 is 0 Å². The largest absolute Gasteiger partial charge is 0.314 e. The highest BCUT2D eigenvalue weighted by molar-refractivity contribution is 5.70. The maximum Gasteiger partial charge on any atom is 0.0840 e. The number of nitrogens with zero attached hydrogens (tertiary/aromatic N) is 1. The molecule has 18 heavy (non-hydrogen) atoms. The molecule has 0 unspecified atom stereocenters. The van der Waals surface area contributed by atoms with Crippen LogP contribution in [0.15, 0.2) is 18.2 Å². The average Bonchev–Trinajstić information content (AvgIpc) is 2.96. The van der Waals surface area contributed by atoms with E-state index in [4.69, 9.17) is 0 Å². The van der Waals surface area contributed by atoms with Crippen LogP contribution in [0.3, 0.4) is 0 Å². The first-order valence-corrected chi connectivity index (χ1v) is 6.60. The highest BCUT2D eigenvalue weighted by atomic mass is 15.1. The van der Waals surface area contributed by atoms with Gasteiger partial charge in [0.1, 0.15) is 0 Å². The molecule has 0 amide bonds. The molecule has 2 N–H and O–H groups in total. The quantitative estimate of drug-likeness (QED) is 0.867. The Labute approximate surface area is 108 Å². The fraction of sp³-hybridized carbons (Fsp3) is 0.400. The van der Waals surface area contributed by atoms with Gasteiger partial charge in [-0.3, -0.25) is 5.10 Å². The fourth-order valence-electron chi connectivity index (χ4n) is 2.89. The number of aryl methyl sites for hydroxylation is 3. The Morgan fingerprint density at radius 3 is 2.94 bits per heavy atom. The van der Waals surface area contributed by atoms with Gasteiger partial charge in [-0.15, -0.1) is 0 Å². The molecule has 3 heteroatoms. The Kier molecular flexibility index (Phi) is 2.92. The third kappa shape index (κ3) is 1.85. The van der Waals surface area contributed by atoms with Gasteiger partial charge in [0.05, 0.1) is 5.69 Å². The van der Waals surface area contributed by atoms with E-state index in [0.717, 1.165) is 17.9 Å². The van der Waals surface area contributed by atoms with Gasteiger partial charge in [0.25, 0.3) is 0 Å². The van der Waals surface area contributed by atoms with Crippen molar-refractivity contribution in [3.8, 4) is 11.1 Å². The summed E-state index contributed by atoms with van der Waals surface area (Å²) in [5, 5.41) is 10.7. The minimum absolute atomic E-state index is 0.802. The Balaban J connectivity index is 2.06. The molecule has 1 aliphatic carbocycles. The summed E-state index contributed by atoms with van der Waals surface area (Å²) in [4.78, 5) is 0. The third-order valence-electron chi connectivity index (χ3n) is 3.75. The van der Waals surface area contributed by atoms with Crippen molar-refractivity contribution in [1.29, 1.82) is 0 Å². The van der Waals surface area contributed by atoms with E-state index in [0.29, 0.717) is 0 Å². The summed E-state index contributed by atoms with van der Waals surface area (Å²) in [5.41, 5.74) is 7.86. The lowest BCUT2D eigenvalue weighted by atomic mass is 9.99. The van der Waals surface area contributed by atoms with Gasteiger partial charge < -0.3 is 5.32 Å². The summed E-state index contributed by atoms with van der Waals surface area (Å²) in [6.45, 7) is 2.89. The number of hydrogen-bond donors (Lipinski definition) is 2. The number of nitrogens with one attached hydrogen (secondary N) is 2. The van der Waals surface area contributed by atoms with Crippen molar-refractivity contribution in [2.24, 2.45) is 0 Å². The molecule has 1 aliphatic rings. The molecule has 0 bridgehead atoms. The number of hydrogen-bond acceptors (Lipinski definition) is 2. The second-order valence-corrected chi connectivity index (χ2v) is 5.04. The van der Waals surface area contributed by atoms with Crippen molar-refractivity contribution in [3.05, 3.63) is 40.7 Å². The van der Waals surface area contributed by atoms with Crippen LogP contribution >= 0.6 is 0 Å². The van der Waals surface area contributed by atoms with E-state index in [-0.39, 0.29) is 0 Å². The number of aromatic nitrogens is 2. The van der Waals surface area contributed by atoms with Gasteiger partial charge in [0.2, 0.25) is 0 Å². The van der Waals surface area contributed by atoms with E-state index >= 15 is 0 Å². The molecule has 0 radical (unpaired) electrons. The second kappa shape index (κ2) is 4.58. The van der Waals surface area contributed by atoms with Gasteiger partial charge >= 0.3 is 0 Å². The molecule has 0 aliphatic heterocycles. The predicted octanol–water partition coefficient (Wildman–Crippen LogP) is 2.59. The van der Waals surface area contributed by atoms with Gasteiger partial charge in [-0.1, -0.05) is 18.2 Å². The van der Waals surface area contributed by atoms with Crippen LogP contribution in [0.4, 0.5) is 0 Å². The lowest BCUT2D eigenvalue weighted by Crippen LogP contribution is -2.06. The summed E-state index contributed by atoms with van der Waals surface area (Å²) in [7, 11) is 1.95. The molecular weight excluding hydrogens is 222 g/mol. The van der Waals surface area contributed by atoms with Crippen LogP contribution in [0, 0.1) is 6.92 Å². The zero-order valence-corrected chi connectivity index (χ0v) is 11.0. The lowest BCUT2D eigenvalue weighted by Gasteiger charge is -2.07. The van der Waals surface area contributed by atoms with Crippen molar-refractivity contribution in [2.75, 3.05) is 7.05 Å². The normalized spacial score (nSPS) is 13.9. The minimum atomic E-state index is 0.802. The molecule has 0 saturated carbocycles.